The van der Waals surface area contributed by atoms with Crippen LogP contribution in [-0.2, 0) is 0 Å². The minimum atomic E-state index is 0.474. The topological polar surface area (TPSA) is 54.7 Å². The fourth-order valence-corrected chi connectivity index (χ4v) is 1.36. The van der Waals surface area contributed by atoms with Crippen LogP contribution in [0.15, 0.2) is 31.1 Å². The molecule has 0 fully saturated rings. The molecule has 0 atom stereocenters. The van der Waals surface area contributed by atoms with Crippen molar-refractivity contribution in [1.29, 1.82) is 0 Å². The summed E-state index contributed by atoms with van der Waals surface area (Å²) in [5.41, 5.74) is 8.39. The Kier molecular flexibility index (Phi) is 1.87. The third kappa shape index (κ3) is 1.23. The van der Waals surface area contributed by atoms with Crippen LogP contribution in [0.3, 0.4) is 0 Å². The summed E-state index contributed by atoms with van der Waals surface area (Å²) in [7, 11) is 0. The van der Waals surface area contributed by atoms with Gasteiger partial charge < -0.3 is 10.7 Å². The number of rotatable bonds is 2. The molecule has 0 unspecified atom stereocenters. The minimum absolute atomic E-state index is 0.474. The van der Waals surface area contributed by atoms with Crippen molar-refractivity contribution in [3.05, 3.63) is 36.7 Å². The number of hydrogen-bond acceptors (Lipinski definition) is 2. The summed E-state index contributed by atoms with van der Waals surface area (Å²) in [6.07, 6.45) is 3.65. The number of nitrogens with zero attached hydrogens (tertiary/aromatic N) is 1. The van der Waals surface area contributed by atoms with Crippen LogP contribution >= 0.6 is 0 Å². The van der Waals surface area contributed by atoms with Gasteiger partial charge in [-0.15, -0.1) is 0 Å². The van der Waals surface area contributed by atoms with Crippen molar-refractivity contribution in [2.75, 3.05) is 6.54 Å². The van der Waals surface area contributed by atoms with E-state index < -0.39 is 0 Å². The van der Waals surface area contributed by atoms with Crippen molar-refractivity contribution in [3.8, 4) is 0 Å². The van der Waals surface area contributed by atoms with Crippen LogP contribution in [0.1, 0.15) is 5.56 Å². The summed E-state index contributed by atoms with van der Waals surface area (Å²) in [6, 6.07) is 3.92. The van der Waals surface area contributed by atoms with Crippen LogP contribution in [0.25, 0.3) is 16.6 Å². The van der Waals surface area contributed by atoms with Crippen LogP contribution in [0, 0.1) is 0 Å². The van der Waals surface area contributed by atoms with Crippen LogP contribution in [0.2, 0.25) is 0 Å². The van der Waals surface area contributed by atoms with Gasteiger partial charge in [-0.25, -0.2) is 4.98 Å². The standard InChI is InChI=1S/C10H11N3/c1-7(5-11)9-6-13-10-8(9)3-2-4-12-10/h2-4,6H,1,5,11H2,(H,12,13). The quantitative estimate of drug-likeness (QED) is 0.723. The molecule has 0 aliphatic rings. The number of H-pyrrole nitrogens is 1. The first-order valence-electron chi connectivity index (χ1n) is 4.13. The first kappa shape index (κ1) is 8.01. The highest BCUT2D eigenvalue weighted by Gasteiger charge is 2.04. The van der Waals surface area contributed by atoms with Gasteiger partial charge >= 0.3 is 0 Å². The second kappa shape index (κ2) is 3.03. The summed E-state index contributed by atoms with van der Waals surface area (Å²) in [5, 5.41) is 1.08. The van der Waals surface area contributed by atoms with Gasteiger partial charge in [0.1, 0.15) is 5.65 Å². The molecule has 3 N–H and O–H groups in total. The molecule has 3 nitrogen and oxygen atoms in total. The molecule has 0 aliphatic heterocycles. The lowest BCUT2D eigenvalue weighted by molar-refractivity contribution is 1.27. The molecule has 2 aromatic heterocycles. The number of pyridine rings is 1. The van der Waals surface area contributed by atoms with Crippen LogP contribution < -0.4 is 5.73 Å². The van der Waals surface area contributed by atoms with Gasteiger partial charge in [-0.3, -0.25) is 0 Å². The van der Waals surface area contributed by atoms with Gasteiger partial charge in [0.15, 0.2) is 0 Å². The maximum atomic E-state index is 5.52. The van der Waals surface area contributed by atoms with Crippen LogP contribution in [0.5, 0.6) is 0 Å². The van der Waals surface area contributed by atoms with Crippen molar-refractivity contribution in [2.24, 2.45) is 5.73 Å². The third-order valence-corrected chi connectivity index (χ3v) is 2.08. The first-order valence-corrected chi connectivity index (χ1v) is 4.13. The summed E-state index contributed by atoms with van der Waals surface area (Å²) >= 11 is 0. The Bertz CT molecular complexity index is 442. The zero-order valence-corrected chi connectivity index (χ0v) is 7.25. The van der Waals surface area contributed by atoms with E-state index in [1.807, 2.05) is 18.3 Å². The van der Waals surface area contributed by atoms with Crippen LogP contribution in [0.4, 0.5) is 0 Å². The lowest BCUT2D eigenvalue weighted by Gasteiger charge is -1.98. The molecule has 2 aromatic rings. The fraction of sp³-hybridized carbons (Fsp3) is 0.100. The van der Waals surface area contributed by atoms with Gasteiger partial charge in [0, 0.05) is 29.9 Å². The molecule has 0 saturated carbocycles. The summed E-state index contributed by atoms with van der Waals surface area (Å²) in [4.78, 5) is 7.26. The summed E-state index contributed by atoms with van der Waals surface area (Å²) in [6.45, 7) is 4.37. The largest absolute Gasteiger partial charge is 0.346 e. The Morgan fingerprint density at radius 3 is 3.23 bits per heavy atom. The number of nitrogens with two attached hydrogens (primary N) is 1. The normalized spacial score (nSPS) is 10.5. The van der Waals surface area contributed by atoms with E-state index in [0.717, 1.165) is 22.2 Å². The zero-order chi connectivity index (χ0) is 9.26. The Balaban J connectivity index is 2.64. The highest BCUT2D eigenvalue weighted by Crippen LogP contribution is 2.21. The van der Waals surface area contributed by atoms with Gasteiger partial charge in [0.2, 0.25) is 0 Å². The number of hydrogen-bond donors (Lipinski definition) is 2. The summed E-state index contributed by atoms with van der Waals surface area (Å²) in [5.74, 6) is 0. The van der Waals surface area contributed by atoms with Gasteiger partial charge in [-0.2, -0.15) is 0 Å². The average molecular weight is 173 g/mol. The molecule has 2 rings (SSSR count). The van der Waals surface area contributed by atoms with E-state index in [4.69, 9.17) is 5.73 Å². The van der Waals surface area contributed by atoms with E-state index in [2.05, 4.69) is 16.5 Å². The van der Waals surface area contributed by atoms with Gasteiger partial charge in [0.05, 0.1) is 0 Å². The second-order valence-electron chi connectivity index (χ2n) is 2.91. The van der Waals surface area contributed by atoms with E-state index in [0.29, 0.717) is 6.54 Å². The predicted molar refractivity (Wildman–Crippen MR) is 54.2 cm³/mol. The van der Waals surface area contributed by atoms with Crippen LogP contribution in [-0.4, -0.2) is 16.5 Å². The van der Waals surface area contributed by atoms with Crippen molar-refractivity contribution >= 4 is 16.6 Å². The smallest absolute Gasteiger partial charge is 0.137 e. The molecule has 0 aliphatic carbocycles. The van der Waals surface area contributed by atoms with Crippen molar-refractivity contribution in [3.63, 3.8) is 0 Å². The number of nitrogens with one attached hydrogen (secondary N) is 1. The molecular weight excluding hydrogens is 162 g/mol. The van der Waals surface area contributed by atoms with Crippen molar-refractivity contribution in [2.45, 2.75) is 0 Å². The number of fused-ring (bicyclic) bond motifs is 1. The predicted octanol–water partition coefficient (Wildman–Crippen LogP) is 1.53. The maximum absolute atomic E-state index is 5.52. The summed E-state index contributed by atoms with van der Waals surface area (Å²) < 4.78 is 0. The van der Waals surface area contributed by atoms with E-state index in [1.165, 1.54) is 0 Å². The van der Waals surface area contributed by atoms with E-state index >= 15 is 0 Å². The molecule has 0 aromatic carbocycles. The Hall–Kier alpha value is -1.61. The molecule has 0 saturated heterocycles. The molecule has 13 heavy (non-hydrogen) atoms. The molecule has 0 radical (unpaired) electrons. The second-order valence-corrected chi connectivity index (χ2v) is 2.91. The average Bonchev–Trinajstić information content (AvgIpc) is 2.60. The lowest BCUT2D eigenvalue weighted by Crippen LogP contribution is -2.00. The van der Waals surface area contributed by atoms with Gasteiger partial charge in [-0.05, 0) is 17.7 Å². The molecular formula is C10H11N3. The Morgan fingerprint density at radius 2 is 2.46 bits per heavy atom. The molecule has 0 bridgehead atoms. The Morgan fingerprint density at radius 1 is 1.62 bits per heavy atom. The molecule has 2 heterocycles. The third-order valence-electron chi connectivity index (χ3n) is 2.08. The number of aromatic amines is 1. The zero-order valence-electron chi connectivity index (χ0n) is 7.25. The number of aromatic nitrogens is 2. The van der Waals surface area contributed by atoms with Crippen molar-refractivity contribution < 1.29 is 0 Å². The SMILES string of the molecule is C=C(CN)c1c[nH]c2ncccc12. The first-order chi connectivity index (χ1) is 6.33. The highest BCUT2D eigenvalue weighted by molar-refractivity contribution is 5.90. The van der Waals surface area contributed by atoms with E-state index in [1.54, 1.807) is 6.20 Å². The van der Waals surface area contributed by atoms with Gasteiger partial charge in [-0.1, -0.05) is 6.58 Å². The highest BCUT2D eigenvalue weighted by atomic mass is 14.8. The minimum Gasteiger partial charge on any atom is -0.346 e. The monoisotopic (exact) mass is 173 g/mol. The Labute approximate surface area is 76.3 Å². The molecule has 66 valence electrons. The lowest BCUT2D eigenvalue weighted by atomic mass is 10.1. The maximum Gasteiger partial charge on any atom is 0.137 e. The fourth-order valence-electron chi connectivity index (χ4n) is 1.36. The molecule has 0 spiro atoms. The van der Waals surface area contributed by atoms with E-state index in [-0.39, 0.29) is 0 Å². The molecule has 0 amide bonds. The molecule has 3 heteroatoms. The van der Waals surface area contributed by atoms with Crippen molar-refractivity contribution in [1.82, 2.24) is 9.97 Å². The van der Waals surface area contributed by atoms with Gasteiger partial charge in [0.25, 0.3) is 0 Å². The van der Waals surface area contributed by atoms with E-state index in [9.17, 15) is 0 Å².